The molecule has 0 saturated carbocycles. The Morgan fingerprint density at radius 1 is 0.939 bits per heavy atom. The van der Waals surface area contributed by atoms with Gasteiger partial charge < -0.3 is 9.84 Å². The van der Waals surface area contributed by atoms with Crippen LogP contribution in [0.25, 0.3) is 11.1 Å². The van der Waals surface area contributed by atoms with E-state index in [1.165, 1.54) is 11.9 Å². The van der Waals surface area contributed by atoms with Crippen molar-refractivity contribution in [3.63, 3.8) is 0 Å². The molecule has 0 spiro atoms. The zero-order valence-electron chi connectivity index (χ0n) is 19.5. The predicted octanol–water partition coefficient (Wildman–Crippen LogP) is 5.49. The molecule has 0 saturated heterocycles. The van der Waals surface area contributed by atoms with Crippen LogP contribution in [0.15, 0.2) is 60.7 Å². The zero-order chi connectivity index (χ0) is 23.7. The van der Waals surface area contributed by atoms with Crippen LogP contribution < -0.4 is 0 Å². The van der Waals surface area contributed by atoms with Gasteiger partial charge in [-0.15, -0.1) is 0 Å². The summed E-state index contributed by atoms with van der Waals surface area (Å²) >= 11 is 0. The van der Waals surface area contributed by atoms with Gasteiger partial charge in [0.1, 0.15) is 12.6 Å². The number of benzene rings is 3. The van der Waals surface area contributed by atoms with Crippen LogP contribution in [-0.2, 0) is 16.0 Å². The Morgan fingerprint density at radius 2 is 1.45 bits per heavy atom. The highest BCUT2D eigenvalue weighted by Crippen LogP contribution is 2.44. The molecule has 5 heteroatoms. The molecule has 1 aliphatic rings. The summed E-state index contributed by atoms with van der Waals surface area (Å²) in [6.07, 6.45) is -0.403. The van der Waals surface area contributed by atoms with Crippen molar-refractivity contribution in [3.05, 3.63) is 94.0 Å². The van der Waals surface area contributed by atoms with Crippen LogP contribution in [0.3, 0.4) is 0 Å². The quantitative estimate of drug-likeness (QED) is 0.547. The van der Waals surface area contributed by atoms with Gasteiger partial charge in [-0.2, -0.15) is 0 Å². The van der Waals surface area contributed by atoms with Crippen LogP contribution in [0, 0.1) is 20.8 Å². The van der Waals surface area contributed by atoms with E-state index in [2.05, 4.69) is 24.3 Å². The maximum absolute atomic E-state index is 12.9. The Morgan fingerprint density at radius 3 is 1.97 bits per heavy atom. The molecule has 170 valence electrons. The van der Waals surface area contributed by atoms with Gasteiger partial charge in [-0.1, -0.05) is 66.2 Å². The van der Waals surface area contributed by atoms with Crippen molar-refractivity contribution in [2.45, 2.75) is 39.2 Å². The highest BCUT2D eigenvalue weighted by molar-refractivity contribution is 5.81. The Bertz CT molecular complexity index is 1150. The van der Waals surface area contributed by atoms with Crippen LogP contribution >= 0.6 is 0 Å². The fourth-order valence-corrected chi connectivity index (χ4v) is 4.94. The van der Waals surface area contributed by atoms with Crippen molar-refractivity contribution < 1.29 is 19.4 Å². The van der Waals surface area contributed by atoms with Gasteiger partial charge >= 0.3 is 12.1 Å². The summed E-state index contributed by atoms with van der Waals surface area (Å²) in [5, 5.41) is 9.88. The minimum absolute atomic E-state index is 0.0698. The van der Waals surface area contributed by atoms with E-state index in [0.717, 1.165) is 44.5 Å². The number of carboxylic acid groups (broad SMARTS) is 1. The molecule has 0 fully saturated rings. The molecule has 0 radical (unpaired) electrons. The molecule has 1 unspecified atom stereocenters. The third-order valence-electron chi connectivity index (χ3n) is 6.61. The molecule has 33 heavy (non-hydrogen) atoms. The van der Waals surface area contributed by atoms with E-state index in [-0.39, 0.29) is 18.9 Å². The number of aryl methyl sites for hydroxylation is 3. The number of carboxylic acids is 1. The number of aliphatic carboxylic acids is 1. The van der Waals surface area contributed by atoms with E-state index < -0.39 is 18.1 Å². The van der Waals surface area contributed by atoms with E-state index in [9.17, 15) is 14.7 Å². The van der Waals surface area contributed by atoms with Crippen molar-refractivity contribution in [3.8, 4) is 11.1 Å². The first-order valence-electron chi connectivity index (χ1n) is 11.1. The van der Waals surface area contributed by atoms with Gasteiger partial charge in [0.2, 0.25) is 0 Å². The molecule has 1 aliphatic carbocycles. The molecule has 0 heterocycles. The number of rotatable bonds is 6. The van der Waals surface area contributed by atoms with E-state index in [1.807, 2.05) is 57.2 Å². The van der Waals surface area contributed by atoms with Crippen LogP contribution in [0.5, 0.6) is 0 Å². The van der Waals surface area contributed by atoms with Gasteiger partial charge in [0.15, 0.2) is 0 Å². The maximum Gasteiger partial charge on any atom is 0.410 e. The molecular weight excluding hydrogens is 414 g/mol. The number of amides is 1. The van der Waals surface area contributed by atoms with Gasteiger partial charge in [0, 0.05) is 19.4 Å². The smallest absolute Gasteiger partial charge is 0.410 e. The van der Waals surface area contributed by atoms with Crippen molar-refractivity contribution in [2.75, 3.05) is 13.7 Å². The number of hydrogen-bond donors (Lipinski definition) is 1. The normalized spacial score (nSPS) is 13.2. The van der Waals surface area contributed by atoms with Crippen LogP contribution in [-0.4, -0.2) is 41.8 Å². The van der Waals surface area contributed by atoms with Crippen molar-refractivity contribution in [2.24, 2.45) is 0 Å². The van der Waals surface area contributed by atoms with Crippen LogP contribution in [0.1, 0.15) is 39.3 Å². The number of hydrogen-bond acceptors (Lipinski definition) is 3. The van der Waals surface area contributed by atoms with Gasteiger partial charge in [0.05, 0.1) is 0 Å². The summed E-state index contributed by atoms with van der Waals surface area (Å²) in [5.41, 5.74) is 8.67. The van der Waals surface area contributed by atoms with E-state index >= 15 is 0 Å². The van der Waals surface area contributed by atoms with Crippen LogP contribution in [0.2, 0.25) is 0 Å². The summed E-state index contributed by atoms with van der Waals surface area (Å²) < 4.78 is 5.67. The summed E-state index contributed by atoms with van der Waals surface area (Å²) in [4.78, 5) is 26.2. The first kappa shape index (κ1) is 22.6. The number of carbonyl (C=O) groups excluding carboxylic acids is 1. The number of fused-ring (bicyclic) bond motifs is 3. The van der Waals surface area contributed by atoms with Crippen molar-refractivity contribution >= 4 is 12.1 Å². The lowest BCUT2D eigenvalue weighted by Crippen LogP contribution is -2.44. The van der Waals surface area contributed by atoms with Gasteiger partial charge in [-0.05, 0) is 59.7 Å². The summed E-state index contributed by atoms with van der Waals surface area (Å²) in [6.45, 7) is 6.12. The monoisotopic (exact) mass is 443 g/mol. The molecular formula is C28H29NO4. The second kappa shape index (κ2) is 9.10. The largest absolute Gasteiger partial charge is 0.480 e. The average molecular weight is 444 g/mol. The molecule has 3 aromatic rings. The SMILES string of the molecule is Cc1cc(C)c(CC(C(=O)O)N(C)C(=O)OCC2c3ccccc3-c3ccccc32)c(C)c1. The number of nitrogens with zero attached hydrogens (tertiary/aromatic N) is 1. The number of likely N-dealkylation sites (N-methyl/N-ethyl adjacent to an activating group) is 1. The summed E-state index contributed by atoms with van der Waals surface area (Å²) in [5.74, 6) is -1.12. The molecule has 0 bridgehead atoms. The second-order valence-electron chi connectivity index (χ2n) is 8.85. The van der Waals surface area contributed by atoms with Crippen molar-refractivity contribution in [1.82, 2.24) is 4.90 Å². The minimum atomic E-state index is -1.05. The standard InChI is InChI=1S/C28H29NO4/c1-17-13-18(2)24(19(3)14-17)15-26(27(30)31)29(4)28(32)33-16-25-22-11-7-5-9-20(22)21-10-6-8-12-23(21)25/h5-14,25-26H,15-16H2,1-4H3,(H,30,31). The Kier molecular flexibility index (Phi) is 6.23. The first-order valence-corrected chi connectivity index (χ1v) is 11.1. The lowest BCUT2D eigenvalue weighted by Gasteiger charge is -2.26. The predicted molar refractivity (Wildman–Crippen MR) is 129 cm³/mol. The van der Waals surface area contributed by atoms with Gasteiger partial charge in [-0.25, -0.2) is 9.59 Å². The molecule has 3 aromatic carbocycles. The second-order valence-corrected chi connectivity index (χ2v) is 8.85. The molecule has 0 aromatic heterocycles. The Hall–Kier alpha value is -3.60. The van der Waals surface area contributed by atoms with E-state index in [0.29, 0.717) is 0 Å². The molecule has 1 amide bonds. The van der Waals surface area contributed by atoms with Gasteiger partial charge in [0.25, 0.3) is 0 Å². The summed E-state index contributed by atoms with van der Waals surface area (Å²) in [6, 6.07) is 19.3. The average Bonchev–Trinajstić information content (AvgIpc) is 3.10. The number of ether oxygens (including phenoxy) is 1. The first-order chi connectivity index (χ1) is 15.8. The third kappa shape index (κ3) is 4.36. The molecule has 0 aliphatic heterocycles. The topological polar surface area (TPSA) is 66.8 Å². The molecule has 1 N–H and O–H groups in total. The van der Waals surface area contributed by atoms with Crippen molar-refractivity contribution in [1.29, 1.82) is 0 Å². The highest BCUT2D eigenvalue weighted by Gasteiger charge is 2.32. The number of carbonyl (C=O) groups is 2. The maximum atomic E-state index is 12.9. The minimum Gasteiger partial charge on any atom is -0.480 e. The third-order valence-corrected chi connectivity index (χ3v) is 6.61. The lowest BCUT2D eigenvalue weighted by molar-refractivity contribution is -0.142. The fraction of sp³-hybridized carbons (Fsp3) is 0.286. The van der Waals surface area contributed by atoms with E-state index in [1.54, 1.807) is 0 Å². The van der Waals surface area contributed by atoms with E-state index in [4.69, 9.17) is 4.74 Å². The zero-order valence-corrected chi connectivity index (χ0v) is 19.5. The molecule has 1 atom stereocenters. The Labute approximate surface area is 194 Å². The summed E-state index contributed by atoms with van der Waals surface area (Å²) in [7, 11) is 1.50. The molecule has 5 nitrogen and oxygen atoms in total. The highest BCUT2D eigenvalue weighted by atomic mass is 16.6. The van der Waals surface area contributed by atoms with Gasteiger partial charge in [-0.3, -0.25) is 4.90 Å². The van der Waals surface area contributed by atoms with Crippen LogP contribution in [0.4, 0.5) is 4.79 Å². The fourth-order valence-electron chi connectivity index (χ4n) is 4.94. The molecule has 4 rings (SSSR count). The lowest BCUT2D eigenvalue weighted by atomic mass is 9.94. The Balaban J connectivity index is 1.51.